The summed E-state index contributed by atoms with van der Waals surface area (Å²) in [5, 5.41) is 3.13. The van der Waals surface area contributed by atoms with Gasteiger partial charge in [-0.1, -0.05) is 0 Å². The molecular formula is C15H18N2OS3. The number of rotatable bonds is 4. The highest BCUT2D eigenvalue weighted by Gasteiger charge is 2.16. The number of nitrogens with zero attached hydrogens (tertiary/aromatic N) is 2. The van der Waals surface area contributed by atoms with Crippen LogP contribution in [0.25, 0.3) is 16.0 Å². The third kappa shape index (κ3) is 3.56. The molecule has 0 aliphatic heterocycles. The van der Waals surface area contributed by atoms with Crippen LogP contribution in [0, 0.1) is 13.8 Å². The number of hydrogen-bond acceptors (Lipinski definition) is 5. The van der Waals surface area contributed by atoms with E-state index in [1.807, 2.05) is 13.0 Å². The van der Waals surface area contributed by atoms with E-state index in [0.717, 1.165) is 16.3 Å². The van der Waals surface area contributed by atoms with Crippen LogP contribution in [0.1, 0.15) is 16.8 Å². The number of amides is 1. The summed E-state index contributed by atoms with van der Waals surface area (Å²) in [6.45, 7) is 4.11. The first kappa shape index (κ1) is 16.3. The maximum atomic E-state index is 11.7. The quantitative estimate of drug-likeness (QED) is 0.615. The Morgan fingerprint density at radius 2 is 2.10 bits per heavy atom. The Morgan fingerprint density at radius 1 is 1.38 bits per heavy atom. The normalized spacial score (nSPS) is 11.3. The topological polar surface area (TPSA) is 33.2 Å². The van der Waals surface area contributed by atoms with Crippen molar-refractivity contribution in [2.24, 2.45) is 0 Å². The van der Waals surface area contributed by atoms with E-state index in [1.54, 1.807) is 59.5 Å². The molecular weight excluding hydrogens is 320 g/mol. The smallest absolute Gasteiger partial charge is 0.246 e. The van der Waals surface area contributed by atoms with Gasteiger partial charge >= 0.3 is 0 Å². The zero-order chi connectivity index (χ0) is 15.6. The molecule has 3 nitrogen and oxygen atoms in total. The molecule has 0 radical (unpaired) electrons. The molecule has 0 aliphatic carbocycles. The number of thiazole rings is 1. The molecule has 0 unspecified atom stereocenters. The number of aromatic nitrogens is 1. The lowest BCUT2D eigenvalue weighted by atomic mass is 10.1. The number of carbonyl (C=O) groups excluding carboxylic acids is 1. The minimum Gasteiger partial charge on any atom is -0.345 e. The third-order valence-electron chi connectivity index (χ3n) is 2.99. The molecule has 0 fully saturated rings. The van der Waals surface area contributed by atoms with Crippen molar-refractivity contribution in [3.63, 3.8) is 0 Å². The highest BCUT2D eigenvalue weighted by molar-refractivity contribution is 8.00. The maximum Gasteiger partial charge on any atom is 0.246 e. The van der Waals surface area contributed by atoms with Crippen LogP contribution < -0.4 is 0 Å². The molecule has 0 saturated heterocycles. The summed E-state index contributed by atoms with van der Waals surface area (Å²) >= 11 is 5.13. The number of carbonyl (C=O) groups is 1. The van der Waals surface area contributed by atoms with Gasteiger partial charge in [0, 0.05) is 36.8 Å². The van der Waals surface area contributed by atoms with Crippen LogP contribution >= 0.6 is 34.4 Å². The molecule has 0 aliphatic rings. The number of hydrogen-bond donors (Lipinski definition) is 0. The predicted molar refractivity (Wildman–Crippen MR) is 94.4 cm³/mol. The van der Waals surface area contributed by atoms with E-state index in [-0.39, 0.29) is 5.91 Å². The molecule has 1 amide bonds. The fourth-order valence-electron chi connectivity index (χ4n) is 1.81. The third-order valence-corrected chi connectivity index (χ3v) is 6.55. The van der Waals surface area contributed by atoms with Gasteiger partial charge in [-0.3, -0.25) is 4.79 Å². The van der Waals surface area contributed by atoms with Gasteiger partial charge in [-0.25, -0.2) is 4.98 Å². The number of thioether (sulfide) groups is 1. The largest absolute Gasteiger partial charge is 0.345 e. The molecule has 0 saturated carbocycles. The Bertz CT molecular complexity index is 683. The van der Waals surface area contributed by atoms with E-state index < -0.39 is 0 Å². The molecule has 21 heavy (non-hydrogen) atoms. The highest BCUT2D eigenvalue weighted by Crippen LogP contribution is 2.42. The van der Waals surface area contributed by atoms with Crippen LogP contribution in [0.4, 0.5) is 0 Å². The van der Waals surface area contributed by atoms with Crippen molar-refractivity contribution in [1.82, 2.24) is 9.88 Å². The lowest BCUT2D eigenvalue weighted by Crippen LogP contribution is -2.18. The van der Waals surface area contributed by atoms with Crippen molar-refractivity contribution in [2.75, 3.05) is 20.4 Å². The van der Waals surface area contributed by atoms with Crippen LogP contribution in [0.2, 0.25) is 0 Å². The molecule has 0 N–H and O–H groups in total. The van der Waals surface area contributed by atoms with Crippen molar-refractivity contribution in [1.29, 1.82) is 0 Å². The summed E-state index contributed by atoms with van der Waals surface area (Å²) in [5.74, 6) is -0.000652. The number of aryl methyl sites for hydroxylation is 1. The van der Waals surface area contributed by atoms with Crippen molar-refractivity contribution < 1.29 is 4.79 Å². The van der Waals surface area contributed by atoms with Crippen LogP contribution in [0.15, 0.2) is 15.7 Å². The molecule has 0 atom stereocenters. The van der Waals surface area contributed by atoms with Gasteiger partial charge in [0.25, 0.3) is 0 Å². The second kappa shape index (κ2) is 6.77. The highest BCUT2D eigenvalue weighted by atomic mass is 32.2. The van der Waals surface area contributed by atoms with Crippen molar-refractivity contribution in [3.05, 3.63) is 28.3 Å². The monoisotopic (exact) mass is 338 g/mol. The minimum absolute atomic E-state index is 0.000652. The van der Waals surface area contributed by atoms with E-state index in [9.17, 15) is 4.79 Å². The Hall–Kier alpha value is -1.11. The predicted octanol–water partition coefficient (Wildman–Crippen LogP) is 4.31. The molecule has 2 rings (SSSR count). The Labute approximate surface area is 137 Å². The van der Waals surface area contributed by atoms with E-state index in [1.165, 1.54) is 14.6 Å². The summed E-state index contributed by atoms with van der Waals surface area (Å²) in [7, 11) is 3.51. The SMILES string of the molecule is CSc1sc(-c2nc(C)cs2)c(C)c1C=CC(=O)N(C)C. The summed E-state index contributed by atoms with van der Waals surface area (Å²) in [6, 6.07) is 0. The fraction of sp³-hybridized carbons (Fsp3) is 0.333. The maximum absolute atomic E-state index is 11.7. The summed E-state index contributed by atoms with van der Waals surface area (Å²) < 4.78 is 1.22. The molecule has 6 heteroatoms. The lowest BCUT2D eigenvalue weighted by molar-refractivity contribution is -0.123. The first-order chi connectivity index (χ1) is 9.93. The zero-order valence-corrected chi connectivity index (χ0v) is 15.2. The fourth-order valence-corrected chi connectivity index (χ4v) is 4.81. The first-order valence-corrected chi connectivity index (χ1v) is 9.35. The standard InChI is InChI=1S/C15H18N2OS3/c1-9-8-20-14(16-9)13-10(2)11(15(19-5)21-13)6-7-12(18)17(3)4/h6-8H,1-5H3. The molecule has 0 spiro atoms. The van der Waals surface area contributed by atoms with Crippen molar-refractivity contribution in [2.45, 2.75) is 18.1 Å². The van der Waals surface area contributed by atoms with Gasteiger partial charge in [0.15, 0.2) is 0 Å². The average Bonchev–Trinajstić information content (AvgIpc) is 2.99. The van der Waals surface area contributed by atoms with E-state index in [4.69, 9.17) is 0 Å². The molecule has 0 aromatic carbocycles. The van der Waals surface area contributed by atoms with Gasteiger partial charge in [0.05, 0.1) is 9.09 Å². The molecule has 2 aromatic rings. The van der Waals surface area contributed by atoms with Crippen LogP contribution in [-0.2, 0) is 4.79 Å². The summed E-state index contributed by atoms with van der Waals surface area (Å²) in [4.78, 5) is 19.1. The Balaban J connectivity index is 2.42. The van der Waals surface area contributed by atoms with Gasteiger partial charge < -0.3 is 4.90 Å². The number of thiophene rings is 1. The first-order valence-electron chi connectivity index (χ1n) is 6.43. The molecule has 112 valence electrons. The van der Waals surface area contributed by atoms with Gasteiger partial charge in [0.1, 0.15) is 5.01 Å². The lowest BCUT2D eigenvalue weighted by Gasteiger charge is -2.05. The van der Waals surface area contributed by atoms with E-state index >= 15 is 0 Å². The molecule has 0 bridgehead atoms. The van der Waals surface area contributed by atoms with E-state index in [2.05, 4.69) is 23.5 Å². The molecule has 2 heterocycles. The van der Waals surface area contributed by atoms with Crippen molar-refractivity contribution >= 4 is 46.4 Å². The van der Waals surface area contributed by atoms with Crippen LogP contribution in [0.5, 0.6) is 0 Å². The Kier molecular flexibility index (Phi) is 5.24. The van der Waals surface area contributed by atoms with Crippen LogP contribution in [0.3, 0.4) is 0 Å². The second-order valence-corrected chi connectivity index (χ2v) is 7.78. The van der Waals surface area contributed by atoms with E-state index in [0.29, 0.717) is 0 Å². The van der Waals surface area contributed by atoms with Gasteiger partial charge in [-0.05, 0) is 31.7 Å². The molecule has 2 aromatic heterocycles. The van der Waals surface area contributed by atoms with Gasteiger partial charge in [-0.15, -0.1) is 34.4 Å². The minimum atomic E-state index is -0.000652. The van der Waals surface area contributed by atoms with Crippen molar-refractivity contribution in [3.8, 4) is 9.88 Å². The summed E-state index contributed by atoms with van der Waals surface area (Å²) in [5.41, 5.74) is 3.38. The van der Waals surface area contributed by atoms with Gasteiger partial charge in [0.2, 0.25) is 5.91 Å². The van der Waals surface area contributed by atoms with Crippen LogP contribution in [-0.4, -0.2) is 36.1 Å². The van der Waals surface area contributed by atoms with Gasteiger partial charge in [-0.2, -0.15) is 0 Å². The second-order valence-electron chi connectivity index (χ2n) is 4.82. The summed E-state index contributed by atoms with van der Waals surface area (Å²) in [6.07, 6.45) is 5.61. The number of likely N-dealkylation sites (N-methyl/N-ethyl adjacent to an activating group) is 1. The average molecular weight is 339 g/mol. The zero-order valence-electron chi connectivity index (χ0n) is 12.8. The Morgan fingerprint density at radius 3 is 2.62 bits per heavy atom.